The molecule has 1 amide bonds. The molecule has 7 nitrogen and oxygen atoms in total. The lowest BCUT2D eigenvalue weighted by molar-refractivity contribution is -0.122. The summed E-state index contributed by atoms with van der Waals surface area (Å²) in [5.41, 5.74) is 2.35. The third-order valence-corrected chi connectivity index (χ3v) is 7.55. The summed E-state index contributed by atoms with van der Waals surface area (Å²) in [4.78, 5) is 20.2. The Balaban J connectivity index is 1.60. The predicted octanol–water partition coefficient (Wildman–Crippen LogP) is 6.95. The van der Waals surface area contributed by atoms with E-state index < -0.39 is 0 Å². The van der Waals surface area contributed by atoms with Gasteiger partial charge in [-0.25, -0.2) is 4.99 Å². The van der Waals surface area contributed by atoms with Crippen LogP contribution in [0.4, 0.5) is 5.69 Å². The molecule has 1 aliphatic heterocycles. The molecule has 4 rings (SSSR count). The highest BCUT2D eigenvalue weighted by atomic mass is 79.9. The van der Waals surface area contributed by atoms with E-state index in [-0.39, 0.29) is 12.5 Å². The molecule has 1 aliphatic rings. The van der Waals surface area contributed by atoms with Gasteiger partial charge in [-0.1, -0.05) is 29.8 Å². The minimum Gasteiger partial charge on any atom is -0.497 e. The molecule has 1 fully saturated rings. The molecule has 1 saturated heterocycles. The van der Waals surface area contributed by atoms with E-state index in [0.29, 0.717) is 49.9 Å². The number of methoxy groups -OCH3 is 3. The molecule has 0 saturated carbocycles. The van der Waals surface area contributed by atoms with Crippen molar-refractivity contribution < 1.29 is 23.7 Å². The molecule has 0 radical (unpaired) electrons. The third-order valence-electron chi connectivity index (χ3n) is 5.58. The zero-order valence-corrected chi connectivity index (χ0v) is 24.2. The first kappa shape index (κ1) is 28.0. The first-order chi connectivity index (χ1) is 18.4. The van der Waals surface area contributed by atoms with Crippen LogP contribution >= 0.6 is 39.3 Å². The number of carbonyl (C=O) groups is 1. The number of halogens is 2. The molecule has 0 aromatic heterocycles. The second-order valence-electron chi connectivity index (χ2n) is 8.07. The standard InChI is InChI=1S/C28H26BrClN2O5S/c1-34-13-12-32-27(33)25(38-28(32)31-20-8-10-21(35-2)11-9-20)16-18-14-22(29)26(24(15-18)36-3)37-17-19-6-4-5-7-23(19)30/h4-11,14-16H,12-13,17H2,1-3H3/b25-16+,31-28?. The largest absolute Gasteiger partial charge is 0.497 e. The Kier molecular flexibility index (Phi) is 9.74. The monoisotopic (exact) mass is 616 g/mol. The molecule has 3 aromatic rings. The van der Waals surface area contributed by atoms with E-state index >= 15 is 0 Å². The smallest absolute Gasteiger partial charge is 0.266 e. The van der Waals surface area contributed by atoms with Crippen LogP contribution in [-0.4, -0.2) is 50.5 Å². The number of hydrogen-bond acceptors (Lipinski definition) is 7. The summed E-state index contributed by atoms with van der Waals surface area (Å²) in [5.74, 6) is 1.66. The molecule has 0 aliphatic carbocycles. The fourth-order valence-corrected chi connectivity index (χ4v) is 5.41. The summed E-state index contributed by atoms with van der Waals surface area (Å²) in [7, 11) is 4.79. The van der Waals surface area contributed by atoms with Crippen molar-refractivity contribution in [2.45, 2.75) is 6.61 Å². The van der Waals surface area contributed by atoms with Gasteiger partial charge in [-0.3, -0.25) is 9.69 Å². The lowest BCUT2D eigenvalue weighted by Crippen LogP contribution is -2.32. The summed E-state index contributed by atoms with van der Waals surface area (Å²) in [6.45, 7) is 1.05. The van der Waals surface area contributed by atoms with Gasteiger partial charge < -0.3 is 18.9 Å². The lowest BCUT2D eigenvalue weighted by Gasteiger charge is -2.15. The van der Waals surface area contributed by atoms with Gasteiger partial charge in [0, 0.05) is 17.7 Å². The van der Waals surface area contributed by atoms with Crippen LogP contribution in [0.2, 0.25) is 5.02 Å². The number of aliphatic imine (C=N–C) groups is 1. The highest BCUT2D eigenvalue weighted by Gasteiger charge is 2.33. The second kappa shape index (κ2) is 13.2. The number of thioether (sulfide) groups is 1. The first-order valence-electron chi connectivity index (χ1n) is 11.6. The molecule has 1 heterocycles. The Morgan fingerprint density at radius 1 is 1.05 bits per heavy atom. The van der Waals surface area contributed by atoms with Crippen LogP contribution in [0, 0.1) is 0 Å². The number of hydrogen-bond donors (Lipinski definition) is 0. The number of nitrogens with zero attached hydrogens (tertiary/aromatic N) is 2. The second-order valence-corrected chi connectivity index (χ2v) is 10.3. The molecule has 0 unspecified atom stereocenters. The summed E-state index contributed by atoms with van der Waals surface area (Å²) in [6, 6.07) is 18.6. The van der Waals surface area contributed by atoms with Gasteiger partial charge in [-0.2, -0.15) is 0 Å². The van der Waals surface area contributed by atoms with Gasteiger partial charge in [0.1, 0.15) is 12.4 Å². The van der Waals surface area contributed by atoms with E-state index in [1.807, 2.05) is 66.7 Å². The van der Waals surface area contributed by atoms with Gasteiger partial charge in [0.05, 0.1) is 42.4 Å². The van der Waals surface area contributed by atoms with Crippen molar-refractivity contribution in [1.82, 2.24) is 4.90 Å². The zero-order valence-electron chi connectivity index (χ0n) is 21.1. The number of carbonyl (C=O) groups excluding carboxylic acids is 1. The van der Waals surface area contributed by atoms with Crippen molar-refractivity contribution in [1.29, 1.82) is 0 Å². The molecule has 3 aromatic carbocycles. The maximum atomic E-state index is 13.3. The van der Waals surface area contributed by atoms with Crippen molar-refractivity contribution in [3.63, 3.8) is 0 Å². The van der Waals surface area contributed by atoms with Crippen LogP contribution < -0.4 is 14.2 Å². The first-order valence-corrected chi connectivity index (χ1v) is 13.6. The lowest BCUT2D eigenvalue weighted by atomic mass is 10.1. The van der Waals surface area contributed by atoms with Crippen LogP contribution in [0.25, 0.3) is 6.08 Å². The topological polar surface area (TPSA) is 69.6 Å². The van der Waals surface area contributed by atoms with Crippen molar-refractivity contribution >= 4 is 62.1 Å². The molecular formula is C28H26BrClN2O5S. The summed E-state index contributed by atoms with van der Waals surface area (Å²) in [6.07, 6.45) is 1.81. The predicted molar refractivity (Wildman–Crippen MR) is 156 cm³/mol. The average molecular weight is 618 g/mol. The van der Waals surface area contributed by atoms with Gasteiger partial charge in [0.15, 0.2) is 16.7 Å². The third kappa shape index (κ3) is 6.71. The average Bonchev–Trinajstić information content (AvgIpc) is 3.20. The maximum absolute atomic E-state index is 13.3. The number of benzene rings is 3. The van der Waals surface area contributed by atoms with E-state index in [2.05, 4.69) is 15.9 Å². The Morgan fingerprint density at radius 2 is 1.82 bits per heavy atom. The Morgan fingerprint density at radius 3 is 2.50 bits per heavy atom. The van der Waals surface area contributed by atoms with Crippen LogP contribution in [0.1, 0.15) is 11.1 Å². The van der Waals surface area contributed by atoms with Crippen molar-refractivity contribution in [3.05, 3.63) is 86.2 Å². The van der Waals surface area contributed by atoms with Crippen LogP contribution in [0.15, 0.2) is 75.0 Å². The molecule has 0 bridgehead atoms. The molecule has 10 heteroatoms. The van der Waals surface area contributed by atoms with Gasteiger partial charge >= 0.3 is 0 Å². The van der Waals surface area contributed by atoms with Crippen molar-refractivity contribution in [3.8, 4) is 17.2 Å². The Bertz CT molecular complexity index is 1360. The summed E-state index contributed by atoms with van der Waals surface area (Å²) in [5, 5.41) is 1.21. The SMILES string of the molecule is COCCN1C(=O)/C(=C\c2cc(Br)c(OCc3ccccc3Cl)c(OC)c2)SC1=Nc1ccc(OC)cc1. The zero-order chi connectivity index (χ0) is 27.1. The molecule has 0 atom stereocenters. The van der Waals surface area contributed by atoms with E-state index in [1.54, 1.807) is 26.2 Å². The molecular weight excluding hydrogens is 592 g/mol. The molecule has 0 N–H and O–H groups in total. The highest BCUT2D eigenvalue weighted by Crippen LogP contribution is 2.40. The minimum absolute atomic E-state index is 0.145. The molecule has 0 spiro atoms. The molecule has 38 heavy (non-hydrogen) atoms. The van der Waals surface area contributed by atoms with Crippen LogP contribution in [0.3, 0.4) is 0 Å². The van der Waals surface area contributed by atoms with Gasteiger partial charge in [0.25, 0.3) is 5.91 Å². The number of amidine groups is 1. The quantitative estimate of drug-likeness (QED) is 0.229. The number of ether oxygens (including phenoxy) is 4. The number of amides is 1. The van der Waals surface area contributed by atoms with Gasteiger partial charge in [-0.15, -0.1) is 0 Å². The fraction of sp³-hybridized carbons (Fsp3) is 0.214. The minimum atomic E-state index is -0.145. The van der Waals surface area contributed by atoms with Crippen LogP contribution in [0.5, 0.6) is 17.2 Å². The summed E-state index contributed by atoms with van der Waals surface area (Å²) >= 11 is 11.2. The van der Waals surface area contributed by atoms with E-state index in [1.165, 1.54) is 11.8 Å². The van der Waals surface area contributed by atoms with E-state index in [9.17, 15) is 4.79 Å². The summed E-state index contributed by atoms with van der Waals surface area (Å²) < 4.78 is 22.8. The van der Waals surface area contributed by atoms with Crippen molar-refractivity contribution in [2.75, 3.05) is 34.5 Å². The van der Waals surface area contributed by atoms with Gasteiger partial charge in [-0.05, 0) is 81.8 Å². The Hall–Kier alpha value is -2.98. The molecule has 198 valence electrons. The van der Waals surface area contributed by atoms with Crippen molar-refractivity contribution in [2.24, 2.45) is 4.99 Å². The van der Waals surface area contributed by atoms with E-state index in [0.717, 1.165) is 16.9 Å². The maximum Gasteiger partial charge on any atom is 0.266 e. The highest BCUT2D eigenvalue weighted by molar-refractivity contribution is 9.10. The fourth-order valence-electron chi connectivity index (χ4n) is 3.62. The number of rotatable bonds is 10. The normalized spacial score (nSPS) is 15.4. The van der Waals surface area contributed by atoms with Gasteiger partial charge in [0.2, 0.25) is 0 Å². The Labute approximate surface area is 239 Å². The van der Waals surface area contributed by atoms with E-state index in [4.69, 9.17) is 35.5 Å². The van der Waals surface area contributed by atoms with Crippen LogP contribution in [-0.2, 0) is 16.1 Å².